The zero-order chi connectivity index (χ0) is 18.7. The summed E-state index contributed by atoms with van der Waals surface area (Å²) < 4.78 is 7.88. The van der Waals surface area contributed by atoms with Gasteiger partial charge in [-0.05, 0) is 81.1 Å². The van der Waals surface area contributed by atoms with Crippen molar-refractivity contribution in [3.8, 4) is 5.75 Å². The molecule has 0 aliphatic rings. The third-order valence-corrected chi connectivity index (χ3v) is 4.88. The molecule has 0 aliphatic heterocycles. The van der Waals surface area contributed by atoms with E-state index in [0.29, 0.717) is 11.6 Å². The van der Waals surface area contributed by atoms with Gasteiger partial charge in [-0.15, -0.1) is 0 Å². The summed E-state index contributed by atoms with van der Waals surface area (Å²) >= 11 is 5.88. The fourth-order valence-electron chi connectivity index (χ4n) is 3.05. The molecule has 0 saturated carbocycles. The largest absolute Gasteiger partial charge is 0.494 e. The Morgan fingerprint density at radius 3 is 2.50 bits per heavy atom. The Morgan fingerprint density at radius 1 is 1.12 bits per heavy atom. The second kappa shape index (κ2) is 8.11. The van der Waals surface area contributed by atoms with Gasteiger partial charge in [0.2, 0.25) is 0 Å². The second-order valence-corrected chi connectivity index (χ2v) is 7.17. The summed E-state index contributed by atoms with van der Waals surface area (Å²) in [6.45, 7) is 7.42. The highest BCUT2D eigenvalue weighted by molar-refractivity contribution is 6.30. The van der Waals surface area contributed by atoms with Crippen LogP contribution in [0.25, 0.3) is 11.0 Å². The number of aliphatic hydroxyl groups is 1. The summed E-state index contributed by atoms with van der Waals surface area (Å²) in [5.74, 6) is 1.56. The van der Waals surface area contributed by atoms with E-state index in [9.17, 15) is 5.11 Å². The summed E-state index contributed by atoms with van der Waals surface area (Å²) in [5.41, 5.74) is 4.49. The molecule has 3 rings (SSSR count). The molecular formula is C21H25ClN2O2. The Labute approximate surface area is 159 Å². The van der Waals surface area contributed by atoms with Gasteiger partial charge < -0.3 is 14.4 Å². The molecule has 1 atom stereocenters. The van der Waals surface area contributed by atoms with Crippen LogP contribution in [0.4, 0.5) is 0 Å². The number of nitrogens with zero attached hydrogens (tertiary/aromatic N) is 2. The first-order valence-corrected chi connectivity index (χ1v) is 9.37. The number of rotatable bonds is 7. The van der Waals surface area contributed by atoms with Gasteiger partial charge in [0.1, 0.15) is 17.7 Å². The standard InChI is InChI=1S/C21H25ClN2O2/c1-14-12-19-20(13-15(14)2)24(21(23-19)16(3)25)10-4-5-11-26-18-8-6-17(22)7-9-18/h6-9,12-13,16,25H,4-5,10-11H2,1-3H3. The molecule has 26 heavy (non-hydrogen) atoms. The number of unbranched alkanes of at least 4 members (excludes halogenated alkanes) is 1. The van der Waals surface area contributed by atoms with Crippen LogP contribution in [0.2, 0.25) is 5.02 Å². The molecule has 0 fully saturated rings. The van der Waals surface area contributed by atoms with Crippen molar-refractivity contribution in [3.05, 3.63) is 58.4 Å². The molecule has 4 nitrogen and oxygen atoms in total. The summed E-state index contributed by atoms with van der Waals surface area (Å²) in [6.07, 6.45) is 1.28. The lowest BCUT2D eigenvalue weighted by molar-refractivity contribution is 0.184. The molecule has 0 saturated heterocycles. The van der Waals surface area contributed by atoms with E-state index in [1.54, 1.807) is 6.92 Å². The number of imidazole rings is 1. The third kappa shape index (κ3) is 4.19. The summed E-state index contributed by atoms with van der Waals surface area (Å²) in [6, 6.07) is 11.7. The van der Waals surface area contributed by atoms with Gasteiger partial charge in [0, 0.05) is 11.6 Å². The number of aryl methyl sites for hydroxylation is 3. The molecule has 0 bridgehead atoms. The fourth-order valence-corrected chi connectivity index (χ4v) is 3.17. The molecule has 1 unspecified atom stereocenters. The van der Waals surface area contributed by atoms with Crippen molar-refractivity contribution in [1.82, 2.24) is 9.55 Å². The Kier molecular flexibility index (Phi) is 5.84. The molecular weight excluding hydrogens is 348 g/mol. The van der Waals surface area contributed by atoms with Crippen LogP contribution in [0.15, 0.2) is 36.4 Å². The number of benzene rings is 2. The first kappa shape index (κ1) is 18.7. The molecule has 138 valence electrons. The number of halogens is 1. The minimum absolute atomic E-state index is 0.590. The summed E-state index contributed by atoms with van der Waals surface area (Å²) in [5, 5.41) is 10.8. The van der Waals surface area contributed by atoms with Gasteiger partial charge in [0.25, 0.3) is 0 Å². The van der Waals surface area contributed by atoms with Crippen LogP contribution in [-0.4, -0.2) is 21.3 Å². The van der Waals surface area contributed by atoms with Gasteiger partial charge in [0.15, 0.2) is 0 Å². The molecule has 0 amide bonds. The Hall–Kier alpha value is -2.04. The molecule has 3 aromatic rings. The maximum Gasteiger partial charge on any atom is 0.138 e. The van der Waals surface area contributed by atoms with Crippen molar-refractivity contribution in [1.29, 1.82) is 0 Å². The van der Waals surface area contributed by atoms with Gasteiger partial charge in [-0.3, -0.25) is 0 Å². The fraction of sp³-hybridized carbons (Fsp3) is 0.381. The number of hydrogen-bond donors (Lipinski definition) is 1. The average molecular weight is 373 g/mol. The van der Waals surface area contributed by atoms with E-state index in [0.717, 1.165) is 42.0 Å². The van der Waals surface area contributed by atoms with Crippen molar-refractivity contribution in [3.63, 3.8) is 0 Å². The van der Waals surface area contributed by atoms with Crippen molar-refractivity contribution in [2.75, 3.05) is 6.61 Å². The zero-order valence-corrected chi connectivity index (χ0v) is 16.3. The number of fused-ring (bicyclic) bond motifs is 1. The van der Waals surface area contributed by atoms with E-state index in [1.165, 1.54) is 11.1 Å². The van der Waals surface area contributed by atoms with E-state index >= 15 is 0 Å². The summed E-state index contributed by atoms with van der Waals surface area (Å²) in [4.78, 5) is 4.64. The lowest BCUT2D eigenvalue weighted by Crippen LogP contribution is -2.08. The maximum atomic E-state index is 10.1. The molecule has 1 aromatic heterocycles. The number of ether oxygens (including phenoxy) is 1. The highest BCUT2D eigenvalue weighted by Crippen LogP contribution is 2.24. The van der Waals surface area contributed by atoms with E-state index in [4.69, 9.17) is 16.3 Å². The van der Waals surface area contributed by atoms with Gasteiger partial charge in [-0.1, -0.05) is 11.6 Å². The van der Waals surface area contributed by atoms with Crippen molar-refractivity contribution < 1.29 is 9.84 Å². The van der Waals surface area contributed by atoms with E-state index < -0.39 is 6.10 Å². The van der Waals surface area contributed by atoms with Crippen LogP contribution in [0, 0.1) is 13.8 Å². The minimum Gasteiger partial charge on any atom is -0.494 e. The van der Waals surface area contributed by atoms with Crippen LogP contribution >= 0.6 is 11.6 Å². The van der Waals surface area contributed by atoms with Crippen LogP contribution in [0.1, 0.15) is 42.8 Å². The van der Waals surface area contributed by atoms with Crippen LogP contribution in [-0.2, 0) is 6.54 Å². The number of aromatic nitrogens is 2. The van der Waals surface area contributed by atoms with Crippen LogP contribution in [0.5, 0.6) is 5.75 Å². The molecule has 0 aliphatic carbocycles. The Bertz CT molecular complexity index is 885. The van der Waals surface area contributed by atoms with Gasteiger partial charge in [-0.25, -0.2) is 4.98 Å². The first-order valence-electron chi connectivity index (χ1n) is 8.99. The Balaban J connectivity index is 1.65. The van der Waals surface area contributed by atoms with E-state index in [1.807, 2.05) is 24.3 Å². The third-order valence-electron chi connectivity index (χ3n) is 4.63. The molecule has 5 heteroatoms. The quantitative estimate of drug-likeness (QED) is 0.578. The molecule has 1 N–H and O–H groups in total. The molecule has 0 spiro atoms. The lowest BCUT2D eigenvalue weighted by Gasteiger charge is -2.12. The van der Waals surface area contributed by atoms with Gasteiger partial charge in [0.05, 0.1) is 17.6 Å². The number of aliphatic hydroxyl groups excluding tert-OH is 1. The van der Waals surface area contributed by atoms with Crippen LogP contribution in [0.3, 0.4) is 0 Å². The zero-order valence-electron chi connectivity index (χ0n) is 15.5. The topological polar surface area (TPSA) is 47.3 Å². The number of hydrogen-bond acceptors (Lipinski definition) is 3. The smallest absolute Gasteiger partial charge is 0.138 e. The molecule has 1 heterocycles. The lowest BCUT2D eigenvalue weighted by atomic mass is 10.1. The SMILES string of the molecule is Cc1cc2nc(C(C)O)n(CCCCOc3ccc(Cl)cc3)c2cc1C. The van der Waals surface area contributed by atoms with E-state index in [-0.39, 0.29) is 0 Å². The van der Waals surface area contributed by atoms with E-state index in [2.05, 4.69) is 35.5 Å². The monoisotopic (exact) mass is 372 g/mol. The normalized spacial score (nSPS) is 12.5. The maximum absolute atomic E-state index is 10.1. The van der Waals surface area contributed by atoms with Gasteiger partial charge in [-0.2, -0.15) is 0 Å². The second-order valence-electron chi connectivity index (χ2n) is 6.73. The van der Waals surface area contributed by atoms with Crippen LogP contribution < -0.4 is 4.74 Å². The first-order chi connectivity index (χ1) is 12.5. The highest BCUT2D eigenvalue weighted by atomic mass is 35.5. The minimum atomic E-state index is -0.590. The van der Waals surface area contributed by atoms with Crippen molar-refractivity contribution in [2.24, 2.45) is 0 Å². The molecule has 2 aromatic carbocycles. The predicted molar refractivity (Wildman–Crippen MR) is 106 cm³/mol. The highest BCUT2D eigenvalue weighted by Gasteiger charge is 2.15. The van der Waals surface area contributed by atoms with Crippen molar-refractivity contribution in [2.45, 2.75) is 46.3 Å². The summed E-state index contributed by atoms with van der Waals surface area (Å²) in [7, 11) is 0. The molecule has 0 radical (unpaired) electrons. The predicted octanol–water partition coefficient (Wildman–Crippen LogP) is 5.22. The van der Waals surface area contributed by atoms with Gasteiger partial charge >= 0.3 is 0 Å². The average Bonchev–Trinajstić information content (AvgIpc) is 2.94. The Morgan fingerprint density at radius 2 is 1.81 bits per heavy atom. The van der Waals surface area contributed by atoms with Crippen molar-refractivity contribution >= 4 is 22.6 Å².